The second-order valence-electron chi connectivity index (χ2n) is 3.81. The third-order valence-electron chi connectivity index (χ3n) is 2.88. The van der Waals surface area contributed by atoms with Gasteiger partial charge in [0.05, 0.1) is 18.4 Å². The van der Waals surface area contributed by atoms with Crippen molar-refractivity contribution in [2.75, 3.05) is 13.1 Å². The molecule has 1 aliphatic heterocycles. The summed E-state index contributed by atoms with van der Waals surface area (Å²) in [6.45, 7) is 3.57. The average Bonchev–Trinajstić information content (AvgIpc) is 2.82. The third kappa shape index (κ3) is 2.16. The van der Waals surface area contributed by atoms with Gasteiger partial charge in [-0.3, -0.25) is 4.79 Å². The van der Waals surface area contributed by atoms with Gasteiger partial charge in [-0.2, -0.15) is 15.0 Å². The fraction of sp³-hybridized carbons (Fsp3) is 0.700. The van der Waals surface area contributed by atoms with Gasteiger partial charge in [-0.25, -0.2) is 0 Å². The normalized spacial score (nSPS) is 18.1. The van der Waals surface area contributed by atoms with Gasteiger partial charge in [0.2, 0.25) is 5.91 Å². The molecule has 0 bridgehead atoms. The Hall–Kier alpha value is -1.39. The van der Waals surface area contributed by atoms with Gasteiger partial charge in [0.25, 0.3) is 0 Å². The molecule has 0 radical (unpaired) electrons. The molecule has 5 heteroatoms. The Morgan fingerprint density at radius 2 is 1.93 bits per heavy atom. The quantitative estimate of drug-likeness (QED) is 0.724. The minimum absolute atomic E-state index is 0.252. The minimum Gasteiger partial charge on any atom is -0.343 e. The van der Waals surface area contributed by atoms with Crippen molar-refractivity contribution in [3.63, 3.8) is 0 Å². The van der Waals surface area contributed by atoms with E-state index in [9.17, 15) is 4.79 Å². The van der Waals surface area contributed by atoms with Gasteiger partial charge >= 0.3 is 0 Å². The van der Waals surface area contributed by atoms with Crippen molar-refractivity contribution in [2.45, 2.75) is 32.2 Å². The Labute approximate surface area is 89.1 Å². The molecule has 15 heavy (non-hydrogen) atoms. The molecule has 5 nitrogen and oxygen atoms in total. The van der Waals surface area contributed by atoms with E-state index >= 15 is 0 Å². The van der Waals surface area contributed by atoms with Gasteiger partial charge in [-0.05, 0) is 12.8 Å². The van der Waals surface area contributed by atoms with Gasteiger partial charge in [0.15, 0.2) is 0 Å². The molecule has 0 spiro atoms. The molecule has 1 saturated heterocycles. The first-order valence-corrected chi connectivity index (χ1v) is 5.45. The van der Waals surface area contributed by atoms with Crippen LogP contribution < -0.4 is 0 Å². The summed E-state index contributed by atoms with van der Waals surface area (Å²) in [5.74, 6) is 0.252. The lowest BCUT2D eigenvalue weighted by molar-refractivity contribution is -0.132. The Bertz CT molecular complexity index is 314. The van der Waals surface area contributed by atoms with Gasteiger partial charge < -0.3 is 4.90 Å². The zero-order valence-electron chi connectivity index (χ0n) is 8.96. The maximum absolute atomic E-state index is 11.4. The van der Waals surface area contributed by atoms with E-state index in [0.717, 1.165) is 25.9 Å². The second kappa shape index (κ2) is 4.42. The molecule has 0 aliphatic carbocycles. The lowest BCUT2D eigenvalue weighted by atomic mass is 10.1. The predicted molar refractivity (Wildman–Crippen MR) is 55.2 cm³/mol. The third-order valence-corrected chi connectivity index (χ3v) is 2.88. The summed E-state index contributed by atoms with van der Waals surface area (Å²) in [5, 5.41) is 8.26. The van der Waals surface area contributed by atoms with Crippen molar-refractivity contribution in [3.05, 3.63) is 12.4 Å². The highest BCUT2D eigenvalue weighted by Crippen LogP contribution is 2.20. The summed E-state index contributed by atoms with van der Waals surface area (Å²) in [7, 11) is 0. The molecule has 1 amide bonds. The van der Waals surface area contributed by atoms with E-state index in [1.165, 1.54) is 0 Å². The van der Waals surface area contributed by atoms with E-state index in [2.05, 4.69) is 10.2 Å². The van der Waals surface area contributed by atoms with E-state index in [4.69, 9.17) is 0 Å². The minimum atomic E-state index is 0.252. The van der Waals surface area contributed by atoms with Crippen molar-refractivity contribution in [3.8, 4) is 0 Å². The van der Waals surface area contributed by atoms with E-state index in [1.807, 2.05) is 11.8 Å². The van der Waals surface area contributed by atoms with Crippen LogP contribution in [0.15, 0.2) is 12.4 Å². The second-order valence-corrected chi connectivity index (χ2v) is 3.81. The Morgan fingerprint density at radius 1 is 1.33 bits per heavy atom. The molecule has 0 saturated carbocycles. The van der Waals surface area contributed by atoms with Crippen molar-refractivity contribution in [2.24, 2.45) is 0 Å². The highest BCUT2D eigenvalue weighted by molar-refractivity contribution is 5.75. The topological polar surface area (TPSA) is 51.0 Å². The van der Waals surface area contributed by atoms with Crippen LogP contribution in [0.2, 0.25) is 0 Å². The van der Waals surface area contributed by atoms with E-state index < -0.39 is 0 Å². The maximum atomic E-state index is 11.4. The molecule has 1 fully saturated rings. The van der Waals surface area contributed by atoms with Crippen LogP contribution in [0.1, 0.15) is 32.2 Å². The molecule has 0 unspecified atom stereocenters. The standard InChI is InChI=1S/C10H16N4O/c1-2-10(15)13-7-3-9(4-8-13)14-11-5-6-12-14/h5-6,9H,2-4,7-8H2,1H3. The number of carbonyl (C=O) groups is 1. The molecule has 2 rings (SSSR count). The number of likely N-dealkylation sites (tertiary alicyclic amines) is 1. The van der Waals surface area contributed by atoms with Gasteiger partial charge in [0.1, 0.15) is 0 Å². The van der Waals surface area contributed by atoms with Crippen molar-refractivity contribution in [1.29, 1.82) is 0 Å². The number of rotatable bonds is 2. The monoisotopic (exact) mass is 208 g/mol. The number of piperidine rings is 1. The number of nitrogens with zero attached hydrogens (tertiary/aromatic N) is 4. The van der Waals surface area contributed by atoms with Gasteiger partial charge in [-0.15, -0.1) is 0 Å². The lowest BCUT2D eigenvalue weighted by Crippen LogP contribution is -2.39. The van der Waals surface area contributed by atoms with Crippen molar-refractivity contribution in [1.82, 2.24) is 19.9 Å². The average molecular weight is 208 g/mol. The summed E-state index contributed by atoms with van der Waals surface area (Å²) in [5.41, 5.74) is 0. The van der Waals surface area contributed by atoms with E-state index in [0.29, 0.717) is 12.5 Å². The van der Waals surface area contributed by atoms with Crippen LogP contribution >= 0.6 is 0 Å². The molecular formula is C10H16N4O. The van der Waals surface area contributed by atoms with E-state index in [-0.39, 0.29) is 5.91 Å². The molecule has 1 aromatic heterocycles. The molecule has 82 valence electrons. The summed E-state index contributed by atoms with van der Waals surface area (Å²) >= 11 is 0. The molecule has 0 atom stereocenters. The number of carbonyl (C=O) groups excluding carboxylic acids is 1. The molecule has 0 N–H and O–H groups in total. The smallest absolute Gasteiger partial charge is 0.222 e. The Balaban J connectivity index is 1.90. The predicted octanol–water partition coefficient (Wildman–Crippen LogP) is 0.852. The van der Waals surface area contributed by atoms with Crippen LogP contribution in [0.5, 0.6) is 0 Å². The molecule has 2 heterocycles. The maximum Gasteiger partial charge on any atom is 0.222 e. The summed E-state index contributed by atoms with van der Waals surface area (Å²) in [4.78, 5) is 15.1. The fourth-order valence-corrected chi connectivity index (χ4v) is 1.98. The van der Waals surface area contributed by atoms with Crippen LogP contribution in [-0.2, 0) is 4.79 Å². The van der Waals surface area contributed by atoms with Crippen molar-refractivity contribution < 1.29 is 4.79 Å². The SMILES string of the molecule is CCC(=O)N1CCC(n2nccn2)CC1. The van der Waals surface area contributed by atoms with Crippen LogP contribution in [0.25, 0.3) is 0 Å². The Morgan fingerprint density at radius 3 is 2.47 bits per heavy atom. The van der Waals surface area contributed by atoms with Crippen LogP contribution in [0.4, 0.5) is 0 Å². The number of amides is 1. The Kier molecular flexibility index (Phi) is 2.99. The van der Waals surface area contributed by atoms with Crippen LogP contribution in [0, 0.1) is 0 Å². The molecule has 1 aliphatic rings. The zero-order valence-corrected chi connectivity index (χ0v) is 8.96. The van der Waals surface area contributed by atoms with E-state index in [1.54, 1.807) is 17.2 Å². The molecule has 0 aromatic carbocycles. The van der Waals surface area contributed by atoms with Gasteiger partial charge in [0, 0.05) is 19.5 Å². The van der Waals surface area contributed by atoms with Crippen molar-refractivity contribution >= 4 is 5.91 Å². The summed E-state index contributed by atoms with van der Waals surface area (Å²) in [6, 6.07) is 0.362. The highest BCUT2D eigenvalue weighted by Gasteiger charge is 2.23. The fourth-order valence-electron chi connectivity index (χ4n) is 1.98. The lowest BCUT2D eigenvalue weighted by Gasteiger charge is -2.31. The highest BCUT2D eigenvalue weighted by atomic mass is 16.2. The zero-order chi connectivity index (χ0) is 10.7. The first-order chi connectivity index (χ1) is 7.31. The number of aromatic nitrogens is 3. The van der Waals surface area contributed by atoms with Crippen LogP contribution in [-0.4, -0.2) is 38.9 Å². The number of hydrogen-bond acceptors (Lipinski definition) is 3. The number of hydrogen-bond donors (Lipinski definition) is 0. The van der Waals surface area contributed by atoms with Crippen LogP contribution in [0.3, 0.4) is 0 Å². The molecular weight excluding hydrogens is 192 g/mol. The largest absolute Gasteiger partial charge is 0.343 e. The molecule has 1 aromatic rings. The summed E-state index contributed by atoms with van der Waals surface area (Å²) in [6.07, 6.45) is 5.92. The first kappa shape index (κ1) is 10.1. The summed E-state index contributed by atoms with van der Waals surface area (Å²) < 4.78 is 0. The first-order valence-electron chi connectivity index (χ1n) is 5.45. The van der Waals surface area contributed by atoms with Gasteiger partial charge in [-0.1, -0.05) is 6.92 Å².